The minimum atomic E-state index is -2.28. The van der Waals surface area contributed by atoms with Crippen molar-refractivity contribution >= 4 is 40.9 Å². The molecule has 0 amide bonds. The number of alkyl halides is 1. The molecule has 2 aliphatic rings. The van der Waals surface area contributed by atoms with Crippen LogP contribution in [0.25, 0.3) is 0 Å². The summed E-state index contributed by atoms with van der Waals surface area (Å²) in [6, 6.07) is 4.17. The Morgan fingerprint density at radius 1 is 1.33 bits per heavy atom. The number of carbonyl (C=O) groups excluding carboxylic acids is 3. The normalized spacial score (nSPS) is 30.7. The van der Waals surface area contributed by atoms with E-state index in [1.165, 1.54) is 18.2 Å². The lowest BCUT2D eigenvalue weighted by Crippen LogP contribution is -2.35. The molecule has 128 valence electrons. The van der Waals surface area contributed by atoms with E-state index in [4.69, 9.17) is 27.9 Å². The van der Waals surface area contributed by atoms with E-state index >= 15 is 0 Å². The third-order valence-corrected chi connectivity index (χ3v) is 5.11. The Hall–Kier alpha value is -1.66. The van der Waals surface area contributed by atoms with Crippen LogP contribution in [0.15, 0.2) is 18.2 Å². The second kappa shape index (κ2) is 6.01. The van der Waals surface area contributed by atoms with Crippen LogP contribution in [0.1, 0.15) is 23.7 Å². The highest BCUT2D eigenvalue weighted by Crippen LogP contribution is 2.62. The van der Waals surface area contributed by atoms with Crippen LogP contribution in [0, 0.1) is 11.8 Å². The van der Waals surface area contributed by atoms with Gasteiger partial charge in [-0.15, -0.1) is 0 Å². The van der Waals surface area contributed by atoms with E-state index in [1.807, 2.05) is 0 Å². The molecule has 5 nitrogen and oxygen atoms in total. The highest BCUT2D eigenvalue weighted by atomic mass is 35.5. The molecule has 2 saturated carbocycles. The fraction of sp³-hybridized carbons (Fsp3) is 0.438. The monoisotopic (exact) mass is 374 g/mol. The van der Waals surface area contributed by atoms with E-state index in [-0.39, 0.29) is 28.6 Å². The molecule has 0 aliphatic heterocycles. The first-order chi connectivity index (χ1) is 11.3. The molecular formula is C16H13Cl2FO5. The van der Waals surface area contributed by atoms with E-state index in [0.29, 0.717) is 0 Å². The van der Waals surface area contributed by atoms with Gasteiger partial charge in [0.2, 0.25) is 5.67 Å². The zero-order chi connectivity index (χ0) is 17.6. The van der Waals surface area contributed by atoms with Gasteiger partial charge < -0.3 is 9.47 Å². The maximum Gasteiger partial charge on any atom is 0.344 e. The number of Topliss-reactive ketones (excluding diaryl/α,β-unsaturated/α-hetero) is 1. The Balaban J connectivity index is 1.65. The number of halogens is 3. The highest BCUT2D eigenvalue weighted by Gasteiger charge is 2.80. The van der Waals surface area contributed by atoms with Crippen LogP contribution in [-0.4, -0.2) is 36.1 Å². The fourth-order valence-corrected chi connectivity index (χ4v) is 3.43. The molecule has 3 rings (SSSR count). The van der Waals surface area contributed by atoms with Crippen LogP contribution in [-0.2, 0) is 19.1 Å². The molecule has 0 heterocycles. The summed E-state index contributed by atoms with van der Waals surface area (Å²) < 4.78 is 24.3. The fourth-order valence-electron chi connectivity index (χ4n) is 3.13. The second-order valence-corrected chi connectivity index (χ2v) is 6.55. The second-order valence-electron chi connectivity index (χ2n) is 5.73. The molecule has 2 aliphatic carbocycles. The lowest BCUT2D eigenvalue weighted by Gasteiger charge is -2.17. The molecule has 1 aromatic carbocycles. The quantitative estimate of drug-likeness (QED) is 0.757. The average Bonchev–Trinajstić information content (AvgIpc) is 2.99. The van der Waals surface area contributed by atoms with Crippen molar-refractivity contribution in [3.05, 3.63) is 33.8 Å². The summed E-state index contributed by atoms with van der Waals surface area (Å²) in [6.45, 7) is 1.59. The predicted molar refractivity (Wildman–Crippen MR) is 82.7 cm³/mol. The molecule has 1 aromatic rings. The van der Waals surface area contributed by atoms with Gasteiger partial charge in [-0.05, 0) is 31.5 Å². The Kier molecular flexibility index (Phi) is 4.30. The summed E-state index contributed by atoms with van der Waals surface area (Å²) >= 11 is 11.6. The van der Waals surface area contributed by atoms with Crippen LogP contribution >= 0.6 is 23.2 Å². The molecule has 8 heteroatoms. The van der Waals surface area contributed by atoms with Crippen molar-refractivity contribution < 1.29 is 28.2 Å². The van der Waals surface area contributed by atoms with E-state index in [1.54, 1.807) is 6.92 Å². The minimum Gasteiger partial charge on any atom is -0.464 e. The number of carbonyl (C=O) groups is 3. The summed E-state index contributed by atoms with van der Waals surface area (Å²) in [5, 5.41) is 0.458. The highest BCUT2D eigenvalue weighted by molar-refractivity contribution is 6.42. The Bertz CT molecular complexity index is 737. The van der Waals surface area contributed by atoms with Crippen LogP contribution in [0.5, 0.6) is 0 Å². The third-order valence-electron chi connectivity index (χ3n) is 4.37. The van der Waals surface area contributed by atoms with Crippen LogP contribution in [0.2, 0.25) is 10.0 Å². The van der Waals surface area contributed by atoms with Crippen molar-refractivity contribution in [2.24, 2.45) is 11.8 Å². The SMILES string of the molecule is CCOC(=O)[C@@]1(F)[C@@H]2C[C@@H](OC(=O)c3ccc(Cl)c(Cl)c3)C(=O)[C@@H]21. The minimum absolute atomic E-state index is 0.0356. The summed E-state index contributed by atoms with van der Waals surface area (Å²) in [6.07, 6.45) is -1.11. The molecule has 2 fully saturated rings. The molecule has 0 aromatic heterocycles. The first-order valence-corrected chi connectivity index (χ1v) is 8.12. The zero-order valence-electron chi connectivity index (χ0n) is 12.6. The number of esters is 2. The van der Waals surface area contributed by atoms with Crippen molar-refractivity contribution in [3.63, 3.8) is 0 Å². The van der Waals surface area contributed by atoms with E-state index in [9.17, 15) is 18.8 Å². The molecular weight excluding hydrogens is 362 g/mol. The molecule has 0 radical (unpaired) electrons. The van der Waals surface area contributed by atoms with E-state index in [2.05, 4.69) is 4.74 Å². The van der Waals surface area contributed by atoms with Crippen LogP contribution in [0.4, 0.5) is 4.39 Å². The lowest BCUT2D eigenvalue weighted by molar-refractivity contribution is -0.154. The number of hydrogen-bond donors (Lipinski definition) is 0. The van der Waals surface area contributed by atoms with Crippen molar-refractivity contribution in [1.29, 1.82) is 0 Å². The molecule has 0 spiro atoms. The van der Waals surface area contributed by atoms with E-state index < -0.39 is 41.3 Å². The molecule has 0 saturated heterocycles. The van der Waals surface area contributed by atoms with Gasteiger partial charge in [0.1, 0.15) is 0 Å². The van der Waals surface area contributed by atoms with Gasteiger partial charge in [-0.2, -0.15) is 0 Å². The van der Waals surface area contributed by atoms with Crippen molar-refractivity contribution in [2.45, 2.75) is 25.1 Å². The van der Waals surface area contributed by atoms with Crippen molar-refractivity contribution in [1.82, 2.24) is 0 Å². The topological polar surface area (TPSA) is 69.7 Å². The van der Waals surface area contributed by atoms with E-state index in [0.717, 1.165) is 0 Å². The lowest BCUT2D eigenvalue weighted by atomic mass is 10.1. The average molecular weight is 375 g/mol. The summed E-state index contributed by atoms with van der Waals surface area (Å²) in [5.41, 5.74) is -2.14. The Morgan fingerprint density at radius 2 is 2.04 bits per heavy atom. The largest absolute Gasteiger partial charge is 0.464 e. The zero-order valence-corrected chi connectivity index (χ0v) is 14.1. The summed E-state index contributed by atoms with van der Waals surface area (Å²) in [4.78, 5) is 35.9. The summed E-state index contributed by atoms with van der Waals surface area (Å²) in [5.74, 6) is -4.26. The van der Waals surface area contributed by atoms with Gasteiger partial charge in [-0.3, -0.25) is 4.79 Å². The number of benzene rings is 1. The molecule has 4 atom stereocenters. The molecule has 0 unspecified atom stereocenters. The van der Waals surface area contributed by atoms with Gasteiger partial charge in [0.05, 0.1) is 28.1 Å². The number of ether oxygens (including phenoxy) is 2. The first-order valence-electron chi connectivity index (χ1n) is 7.36. The number of fused-ring (bicyclic) bond motifs is 1. The van der Waals surface area contributed by atoms with Gasteiger partial charge in [0.15, 0.2) is 11.9 Å². The van der Waals surface area contributed by atoms with Gasteiger partial charge in [-0.1, -0.05) is 23.2 Å². The molecule has 24 heavy (non-hydrogen) atoms. The molecule has 0 bridgehead atoms. The smallest absolute Gasteiger partial charge is 0.344 e. The van der Waals surface area contributed by atoms with Crippen LogP contribution in [0.3, 0.4) is 0 Å². The van der Waals surface area contributed by atoms with Gasteiger partial charge in [0, 0.05) is 5.92 Å². The van der Waals surface area contributed by atoms with Gasteiger partial charge >= 0.3 is 11.9 Å². The maximum absolute atomic E-state index is 14.5. The number of hydrogen-bond acceptors (Lipinski definition) is 5. The Labute approximate surface area is 147 Å². The molecule has 0 N–H and O–H groups in total. The maximum atomic E-state index is 14.5. The van der Waals surface area contributed by atoms with Gasteiger partial charge in [0.25, 0.3) is 0 Å². The number of ketones is 1. The van der Waals surface area contributed by atoms with Crippen molar-refractivity contribution in [3.8, 4) is 0 Å². The first kappa shape index (κ1) is 17.2. The van der Waals surface area contributed by atoms with Gasteiger partial charge in [-0.25, -0.2) is 14.0 Å². The predicted octanol–water partition coefficient (Wildman–Crippen LogP) is 3.01. The third kappa shape index (κ3) is 2.58. The standard InChI is InChI=1S/C16H13Cl2FO5/c1-2-23-15(22)16(19)8-6-11(13(20)12(8)16)24-14(21)7-3-4-9(17)10(18)5-7/h3-5,8,11-12H,2,6H2,1H3/t8-,11-,12-,16-/m1/s1. The van der Waals surface area contributed by atoms with Crippen LogP contribution < -0.4 is 0 Å². The van der Waals surface area contributed by atoms with Crippen molar-refractivity contribution in [2.75, 3.05) is 6.61 Å². The number of rotatable bonds is 4. The summed E-state index contributed by atoms with van der Waals surface area (Å²) in [7, 11) is 0. The Morgan fingerprint density at radius 3 is 2.58 bits per heavy atom.